The van der Waals surface area contributed by atoms with Crippen molar-refractivity contribution in [1.82, 2.24) is 4.98 Å². The van der Waals surface area contributed by atoms with Crippen molar-refractivity contribution >= 4 is 62.1 Å². The van der Waals surface area contributed by atoms with Gasteiger partial charge in [0.15, 0.2) is 0 Å². The fourth-order valence-corrected chi connectivity index (χ4v) is 5.85. The van der Waals surface area contributed by atoms with Gasteiger partial charge in [0.05, 0.1) is 43.8 Å². The number of nitrogens with one attached hydrogen (secondary N) is 1. The molecule has 3 N–H and O–H groups in total. The molecule has 0 fully saturated rings. The van der Waals surface area contributed by atoms with E-state index in [1.165, 1.54) is 22.6 Å². The molecule has 0 spiro atoms. The summed E-state index contributed by atoms with van der Waals surface area (Å²) in [5.74, 6) is -0.542. The van der Waals surface area contributed by atoms with Crippen LogP contribution in [0.3, 0.4) is 0 Å². The number of carbonyl (C=O) groups is 1. The Morgan fingerprint density at radius 2 is 1.78 bits per heavy atom. The molecule has 0 saturated heterocycles. The topological polar surface area (TPSA) is 105 Å². The highest BCUT2D eigenvalue weighted by atomic mass is 35.5. The summed E-state index contributed by atoms with van der Waals surface area (Å²) in [6.07, 6.45) is 1.82. The number of nitrogens with two attached hydrogens (primary N) is 1. The van der Waals surface area contributed by atoms with Gasteiger partial charge in [-0.3, -0.25) is 14.1 Å². The second kappa shape index (κ2) is 8.88. The van der Waals surface area contributed by atoms with Crippen molar-refractivity contribution in [3.8, 4) is 0 Å². The van der Waals surface area contributed by atoms with Crippen LogP contribution in [0.15, 0.2) is 59.6 Å². The first-order valence-corrected chi connectivity index (χ1v) is 12.0. The van der Waals surface area contributed by atoms with Gasteiger partial charge in [-0.25, -0.2) is 8.42 Å². The van der Waals surface area contributed by atoms with Gasteiger partial charge in [0.25, 0.3) is 15.9 Å². The molecule has 11 heteroatoms. The summed E-state index contributed by atoms with van der Waals surface area (Å²) in [6.45, 7) is 0.0528. The van der Waals surface area contributed by atoms with Gasteiger partial charge < -0.3 is 11.1 Å². The molecule has 1 aromatic heterocycles. The number of halogens is 3. The maximum absolute atomic E-state index is 13.4. The Kier molecular flexibility index (Phi) is 6.33. The van der Waals surface area contributed by atoms with Crippen molar-refractivity contribution in [3.63, 3.8) is 0 Å². The Hall–Kier alpha value is -2.36. The fraction of sp³-hybridized carbons (Fsp3) is 0.143. The van der Waals surface area contributed by atoms with E-state index in [1.54, 1.807) is 36.4 Å². The minimum atomic E-state index is -3.97. The summed E-state index contributed by atoms with van der Waals surface area (Å²) in [5.41, 5.74) is 7.33. The predicted octanol–water partition coefficient (Wildman–Crippen LogP) is 4.37. The number of anilines is 2. The summed E-state index contributed by atoms with van der Waals surface area (Å²) in [5, 5.41) is 3.36. The zero-order valence-electron chi connectivity index (χ0n) is 16.4. The molecule has 0 saturated carbocycles. The number of fused-ring (bicyclic) bond motifs is 1. The van der Waals surface area contributed by atoms with Crippen LogP contribution in [0.4, 0.5) is 11.4 Å². The van der Waals surface area contributed by atoms with Crippen LogP contribution in [0.5, 0.6) is 0 Å². The van der Waals surface area contributed by atoms with E-state index in [2.05, 4.69) is 10.3 Å². The highest BCUT2D eigenvalue weighted by Crippen LogP contribution is 2.33. The standard InChI is InChI=1S/C21H17Cl3N4O3S/c22-12-3-1-4-15(7-12)32(30,31)28-11-13(25)8-18-19(28)9-14(10-26-18)27-21(29)20-16(23)5-2-6-17(20)24/h1-7,9-10,13H,8,11,25H2,(H,27,29)/t13-/m1/s1. The quantitative estimate of drug-likeness (QED) is 0.541. The van der Waals surface area contributed by atoms with Crippen molar-refractivity contribution in [1.29, 1.82) is 0 Å². The Morgan fingerprint density at radius 3 is 2.47 bits per heavy atom. The number of benzene rings is 2. The van der Waals surface area contributed by atoms with Crippen LogP contribution in [0.2, 0.25) is 15.1 Å². The van der Waals surface area contributed by atoms with Crippen LogP contribution in [0.25, 0.3) is 0 Å². The van der Waals surface area contributed by atoms with Crippen LogP contribution in [-0.4, -0.2) is 31.9 Å². The van der Waals surface area contributed by atoms with Crippen molar-refractivity contribution < 1.29 is 13.2 Å². The van der Waals surface area contributed by atoms with Gasteiger partial charge >= 0.3 is 0 Å². The second-order valence-corrected chi connectivity index (χ2v) is 10.3. The van der Waals surface area contributed by atoms with Gasteiger partial charge in [0.2, 0.25) is 0 Å². The Morgan fingerprint density at radius 1 is 1.09 bits per heavy atom. The van der Waals surface area contributed by atoms with E-state index in [0.717, 1.165) is 0 Å². The van der Waals surface area contributed by atoms with Gasteiger partial charge in [-0.2, -0.15) is 0 Å². The molecule has 32 heavy (non-hydrogen) atoms. The van der Waals surface area contributed by atoms with Crippen molar-refractivity contribution in [2.45, 2.75) is 17.4 Å². The minimum Gasteiger partial charge on any atom is -0.326 e. The number of nitrogens with zero attached hydrogens (tertiary/aromatic N) is 2. The third-order valence-electron chi connectivity index (χ3n) is 4.90. The second-order valence-electron chi connectivity index (χ2n) is 7.20. The Balaban J connectivity index is 1.72. The first kappa shape index (κ1) is 22.8. The van der Waals surface area contributed by atoms with E-state index >= 15 is 0 Å². The molecule has 2 heterocycles. The largest absolute Gasteiger partial charge is 0.326 e. The molecule has 0 aliphatic carbocycles. The lowest BCUT2D eigenvalue weighted by Crippen LogP contribution is -2.46. The molecule has 3 aromatic rings. The molecular weight excluding hydrogens is 495 g/mol. The third-order valence-corrected chi connectivity index (χ3v) is 7.54. The van der Waals surface area contributed by atoms with Gasteiger partial charge in [-0.15, -0.1) is 0 Å². The average Bonchev–Trinajstić information content (AvgIpc) is 2.73. The first-order chi connectivity index (χ1) is 15.2. The third kappa shape index (κ3) is 4.42. The summed E-state index contributed by atoms with van der Waals surface area (Å²) >= 11 is 18.2. The summed E-state index contributed by atoms with van der Waals surface area (Å²) in [4.78, 5) is 17.1. The smallest absolute Gasteiger partial charge is 0.264 e. The first-order valence-electron chi connectivity index (χ1n) is 9.45. The van der Waals surface area contributed by atoms with E-state index in [0.29, 0.717) is 22.8 Å². The zero-order chi connectivity index (χ0) is 23.0. The maximum Gasteiger partial charge on any atom is 0.264 e. The normalized spacial score (nSPS) is 15.9. The van der Waals surface area contributed by atoms with E-state index in [4.69, 9.17) is 40.5 Å². The maximum atomic E-state index is 13.4. The van der Waals surface area contributed by atoms with E-state index in [-0.39, 0.29) is 32.7 Å². The summed E-state index contributed by atoms with van der Waals surface area (Å²) < 4.78 is 27.9. The molecule has 0 radical (unpaired) electrons. The lowest BCUT2D eigenvalue weighted by Gasteiger charge is -2.33. The number of pyridine rings is 1. The van der Waals surface area contributed by atoms with Crippen LogP contribution < -0.4 is 15.4 Å². The molecule has 0 unspecified atom stereocenters. The number of aromatic nitrogens is 1. The molecular formula is C21H17Cl3N4O3S. The number of hydrogen-bond acceptors (Lipinski definition) is 5. The van der Waals surface area contributed by atoms with Crippen LogP contribution in [0.1, 0.15) is 16.1 Å². The predicted molar refractivity (Wildman–Crippen MR) is 126 cm³/mol. The number of hydrogen-bond donors (Lipinski definition) is 2. The number of carbonyl (C=O) groups excluding carboxylic acids is 1. The SMILES string of the molecule is N[C@@H]1Cc2ncc(NC(=O)c3c(Cl)cccc3Cl)cc2N(S(=O)(=O)c2cccc(Cl)c2)C1. The fourth-order valence-electron chi connectivity index (χ4n) is 3.44. The molecule has 2 aromatic carbocycles. The molecule has 166 valence electrons. The summed E-state index contributed by atoms with van der Waals surface area (Å²) in [7, 11) is -3.97. The Bertz CT molecular complexity index is 1300. The zero-order valence-corrected chi connectivity index (χ0v) is 19.5. The van der Waals surface area contributed by atoms with Gasteiger partial charge in [0, 0.05) is 24.0 Å². The van der Waals surface area contributed by atoms with Gasteiger partial charge in [0.1, 0.15) is 0 Å². The minimum absolute atomic E-state index is 0.0299. The molecule has 1 aliphatic heterocycles. The van der Waals surface area contributed by atoms with E-state index < -0.39 is 22.0 Å². The molecule has 1 amide bonds. The highest BCUT2D eigenvalue weighted by molar-refractivity contribution is 7.92. The van der Waals surface area contributed by atoms with E-state index in [1.807, 2.05) is 0 Å². The van der Waals surface area contributed by atoms with Gasteiger partial charge in [-0.05, 0) is 36.4 Å². The highest BCUT2D eigenvalue weighted by Gasteiger charge is 2.33. The lowest BCUT2D eigenvalue weighted by atomic mass is 10.1. The molecule has 0 bridgehead atoms. The molecule has 7 nitrogen and oxygen atoms in total. The van der Waals surface area contributed by atoms with Crippen molar-refractivity contribution in [2.75, 3.05) is 16.2 Å². The van der Waals surface area contributed by atoms with Gasteiger partial charge in [-0.1, -0.05) is 46.9 Å². The average molecular weight is 512 g/mol. The molecule has 1 aliphatic rings. The van der Waals surface area contributed by atoms with Crippen molar-refractivity contribution in [2.24, 2.45) is 5.73 Å². The van der Waals surface area contributed by atoms with E-state index in [9.17, 15) is 13.2 Å². The molecule has 1 atom stereocenters. The lowest BCUT2D eigenvalue weighted by molar-refractivity contribution is 0.102. The summed E-state index contributed by atoms with van der Waals surface area (Å²) in [6, 6.07) is 11.8. The van der Waals surface area contributed by atoms with Crippen LogP contribution in [0, 0.1) is 0 Å². The van der Waals surface area contributed by atoms with Crippen molar-refractivity contribution in [3.05, 3.63) is 81.1 Å². The van der Waals surface area contributed by atoms with Crippen LogP contribution in [-0.2, 0) is 16.4 Å². The Labute approximate surface area is 200 Å². The number of sulfonamides is 1. The van der Waals surface area contributed by atoms with Crippen LogP contribution >= 0.6 is 34.8 Å². The monoisotopic (exact) mass is 510 g/mol. The number of amides is 1. The molecule has 4 rings (SSSR count). The number of rotatable bonds is 4.